The van der Waals surface area contributed by atoms with Crippen molar-refractivity contribution >= 4 is 5.96 Å². The van der Waals surface area contributed by atoms with Gasteiger partial charge in [0, 0.05) is 33.9 Å². The summed E-state index contributed by atoms with van der Waals surface area (Å²) in [4.78, 5) is 4.23. The Bertz CT molecular complexity index is 644. The largest absolute Gasteiger partial charge is 0.489 e. The first-order valence-corrected chi connectivity index (χ1v) is 8.51. The van der Waals surface area contributed by atoms with Gasteiger partial charge < -0.3 is 20.1 Å². The second-order valence-corrected chi connectivity index (χ2v) is 5.62. The summed E-state index contributed by atoms with van der Waals surface area (Å²) in [7, 11) is 3.48. The fourth-order valence-corrected chi connectivity index (χ4v) is 2.34. The number of nitrogens with one attached hydrogen (secondary N) is 2. The fraction of sp³-hybridized carbons (Fsp3) is 0.350. The van der Waals surface area contributed by atoms with Gasteiger partial charge in [-0.05, 0) is 29.7 Å². The predicted octanol–water partition coefficient (Wildman–Crippen LogP) is 2.97. The van der Waals surface area contributed by atoms with Crippen LogP contribution < -0.4 is 15.4 Å². The normalized spacial score (nSPS) is 11.2. The van der Waals surface area contributed by atoms with E-state index < -0.39 is 0 Å². The number of benzene rings is 2. The van der Waals surface area contributed by atoms with E-state index in [1.807, 2.05) is 30.3 Å². The Hall–Kier alpha value is -2.53. The van der Waals surface area contributed by atoms with Crippen LogP contribution in [0.2, 0.25) is 0 Å². The Morgan fingerprint density at radius 3 is 2.56 bits per heavy atom. The SMILES string of the molecule is CN=C(NCCCOC)NCc1cccc(COc2ccccc2)c1. The van der Waals surface area contributed by atoms with E-state index in [9.17, 15) is 0 Å². The molecule has 2 aromatic carbocycles. The number of guanidine groups is 1. The molecule has 0 saturated heterocycles. The Morgan fingerprint density at radius 2 is 1.80 bits per heavy atom. The van der Waals surface area contributed by atoms with Crippen molar-refractivity contribution < 1.29 is 9.47 Å². The minimum absolute atomic E-state index is 0.557. The van der Waals surface area contributed by atoms with Gasteiger partial charge in [-0.25, -0.2) is 0 Å². The molecule has 0 heterocycles. The Balaban J connectivity index is 1.80. The van der Waals surface area contributed by atoms with Crippen LogP contribution in [0.3, 0.4) is 0 Å². The molecule has 0 saturated carbocycles. The maximum absolute atomic E-state index is 5.80. The van der Waals surface area contributed by atoms with E-state index in [4.69, 9.17) is 9.47 Å². The lowest BCUT2D eigenvalue weighted by molar-refractivity contribution is 0.195. The second-order valence-electron chi connectivity index (χ2n) is 5.62. The molecule has 0 aliphatic rings. The van der Waals surface area contributed by atoms with Gasteiger partial charge in [-0.15, -0.1) is 0 Å². The first kappa shape index (κ1) is 18.8. The lowest BCUT2D eigenvalue weighted by Gasteiger charge is -2.12. The van der Waals surface area contributed by atoms with Crippen molar-refractivity contribution in [1.82, 2.24) is 10.6 Å². The smallest absolute Gasteiger partial charge is 0.191 e. The highest BCUT2D eigenvalue weighted by atomic mass is 16.5. The molecule has 0 bridgehead atoms. The molecule has 25 heavy (non-hydrogen) atoms. The van der Waals surface area contributed by atoms with E-state index in [1.165, 1.54) is 5.56 Å². The number of hydrogen-bond acceptors (Lipinski definition) is 3. The predicted molar refractivity (Wildman–Crippen MR) is 102 cm³/mol. The van der Waals surface area contributed by atoms with Gasteiger partial charge in [-0.1, -0.05) is 42.5 Å². The van der Waals surface area contributed by atoms with E-state index in [0.717, 1.165) is 36.8 Å². The number of para-hydroxylation sites is 1. The van der Waals surface area contributed by atoms with Gasteiger partial charge in [-0.2, -0.15) is 0 Å². The molecule has 0 atom stereocenters. The van der Waals surface area contributed by atoms with Crippen LogP contribution >= 0.6 is 0 Å². The third-order valence-electron chi connectivity index (χ3n) is 3.64. The van der Waals surface area contributed by atoms with Crippen LogP contribution in [0.15, 0.2) is 59.6 Å². The molecule has 2 aromatic rings. The van der Waals surface area contributed by atoms with Gasteiger partial charge in [0.25, 0.3) is 0 Å². The van der Waals surface area contributed by atoms with Crippen LogP contribution in [0, 0.1) is 0 Å². The summed E-state index contributed by atoms with van der Waals surface area (Å²) >= 11 is 0. The van der Waals surface area contributed by atoms with E-state index >= 15 is 0 Å². The molecule has 2 rings (SSSR count). The van der Waals surface area contributed by atoms with Crippen LogP contribution in [-0.4, -0.2) is 33.3 Å². The average molecular weight is 341 g/mol. The van der Waals surface area contributed by atoms with Crippen molar-refractivity contribution in [2.75, 3.05) is 27.3 Å². The lowest BCUT2D eigenvalue weighted by Crippen LogP contribution is -2.37. The maximum Gasteiger partial charge on any atom is 0.191 e. The summed E-state index contributed by atoms with van der Waals surface area (Å²) in [6.45, 7) is 2.84. The second kappa shape index (κ2) is 11.1. The fourth-order valence-electron chi connectivity index (χ4n) is 2.34. The van der Waals surface area contributed by atoms with Crippen LogP contribution in [0.4, 0.5) is 0 Å². The van der Waals surface area contributed by atoms with E-state index in [2.05, 4.69) is 39.9 Å². The van der Waals surface area contributed by atoms with Crippen molar-refractivity contribution in [3.63, 3.8) is 0 Å². The van der Waals surface area contributed by atoms with Gasteiger partial charge in [0.05, 0.1) is 0 Å². The highest BCUT2D eigenvalue weighted by Crippen LogP contribution is 2.12. The third kappa shape index (κ3) is 7.27. The summed E-state index contributed by atoms with van der Waals surface area (Å²) in [5.74, 6) is 1.67. The van der Waals surface area contributed by atoms with Crippen molar-refractivity contribution in [3.8, 4) is 5.75 Å². The molecular formula is C20H27N3O2. The highest BCUT2D eigenvalue weighted by Gasteiger charge is 2.01. The Morgan fingerprint density at radius 1 is 1.00 bits per heavy atom. The highest BCUT2D eigenvalue weighted by molar-refractivity contribution is 5.79. The summed E-state index contributed by atoms with van der Waals surface area (Å²) in [5.41, 5.74) is 2.33. The molecule has 0 aliphatic carbocycles. The summed E-state index contributed by atoms with van der Waals surface area (Å²) in [6, 6.07) is 18.2. The van der Waals surface area contributed by atoms with Crippen LogP contribution in [0.25, 0.3) is 0 Å². The number of nitrogens with zero attached hydrogens (tertiary/aromatic N) is 1. The number of methoxy groups -OCH3 is 1. The number of rotatable bonds is 9. The molecule has 0 spiro atoms. The summed E-state index contributed by atoms with van der Waals surface area (Å²) in [5, 5.41) is 6.59. The molecule has 5 heteroatoms. The molecule has 0 aliphatic heterocycles. The van der Waals surface area contributed by atoms with E-state index in [1.54, 1.807) is 14.2 Å². The van der Waals surface area contributed by atoms with Crippen molar-refractivity contribution in [1.29, 1.82) is 0 Å². The standard InChI is InChI=1S/C20H27N3O2/c1-21-20(22-12-7-13-24-2)23-15-17-8-6-9-18(14-17)16-25-19-10-4-3-5-11-19/h3-6,8-11,14H,7,12-13,15-16H2,1-2H3,(H2,21,22,23). The number of aliphatic imine (C=N–C) groups is 1. The number of ether oxygens (including phenoxy) is 2. The first-order valence-electron chi connectivity index (χ1n) is 8.51. The molecule has 5 nitrogen and oxygen atoms in total. The van der Waals surface area contributed by atoms with Crippen LogP contribution in [0.5, 0.6) is 5.75 Å². The van der Waals surface area contributed by atoms with E-state index in [0.29, 0.717) is 13.2 Å². The van der Waals surface area contributed by atoms with Crippen LogP contribution in [0.1, 0.15) is 17.5 Å². The van der Waals surface area contributed by atoms with Crippen molar-refractivity contribution in [2.45, 2.75) is 19.6 Å². The zero-order valence-electron chi connectivity index (χ0n) is 15.0. The van der Waals surface area contributed by atoms with Crippen molar-refractivity contribution in [2.24, 2.45) is 4.99 Å². The molecule has 0 fully saturated rings. The molecule has 0 amide bonds. The third-order valence-corrected chi connectivity index (χ3v) is 3.64. The molecule has 0 radical (unpaired) electrons. The topological polar surface area (TPSA) is 54.9 Å². The molecule has 2 N–H and O–H groups in total. The van der Waals surface area contributed by atoms with Gasteiger partial charge in [0.15, 0.2) is 5.96 Å². The lowest BCUT2D eigenvalue weighted by atomic mass is 10.1. The zero-order chi connectivity index (χ0) is 17.7. The summed E-state index contributed by atoms with van der Waals surface area (Å²) < 4.78 is 10.8. The minimum atomic E-state index is 0.557. The molecule has 0 unspecified atom stereocenters. The van der Waals surface area contributed by atoms with Crippen molar-refractivity contribution in [3.05, 3.63) is 65.7 Å². The minimum Gasteiger partial charge on any atom is -0.489 e. The van der Waals surface area contributed by atoms with Crippen LogP contribution in [-0.2, 0) is 17.9 Å². The Kier molecular flexibility index (Phi) is 8.35. The quantitative estimate of drug-likeness (QED) is 0.418. The van der Waals surface area contributed by atoms with Gasteiger partial charge in [-0.3, -0.25) is 4.99 Å². The Labute approximate surface area is 150 Å². The van der Waals surface area contributed by atoms with E-state index in [-0.39, 0.29) is 0 Å². The molecule has 134 valence electrons. The maximum atomic E-state index is 5.80. The van der Waals surface area contributed by atoms with Gasteiger partial charge >= 0.3 is 0 Å². The monoisotopic (exact) mass is 341 g/mol. The van der Waals surface area contributed by atoms with Gasteiger partial charge in [0.2, 0.25) is 0 Å². The zero-order valence-corrected chi connectivity index (χ0v) is 15.0. The molecule has 0 aromatic heterocycles. The van der Waals surface area contributed by atoms with Gasteiger partial charge in [0.1, 0.15) is 12.4 Å². The number of hydrogen-bond donors (Lipinski definition) is 2. The summed E-state index contributed by atoms with van der Waals surface area (Å²) in [6.07, 6.45) is 0.948. The average Bonchev–Trinajstić information content (AvgIpc) is 2.67. The molecular weight excluding hydrogens is 314 g/mol. The first-order chi connectivity index (χ1) is 12.3.